The molecule has 2 saturated heterocycles. The fourth-order valence-electron chi connectivity index (χ4n) is 4.31. The molecule has 1 aromatic rings. The van der Waals surface area contributed by atoms with Gasteiger partial charge in [0.05, 0.1) is 5.69 Å². The first-order valence-corrected chi connectivity index (χ1v) is 11.6. The fraction of sp³-hybridized carbons (Fsp3) is 0.696. The average molecular weight is 402 g/mol. The van der Waals surface area contributed by atoms with Crippen LogP contribution in [0.1, 0.15) is 45.4 Å². The summed E-state index contributed by atoms with van der Waals surface area (Å²) < 4.78 is 0. The number of aliphatic imine (C=N–C) groups is 1. The van der Waals surface area contributed by atoms with Gasteiger partial charge in [-0.05, 0) is 64.4 Å². The summed E-state index contributed by atoms with van der Waals surface area (Å²) in [6, 6.07) is 7.61. The highest BCUT2D eigenvalue weighted by molar-refractivity contribution is 5.80. The molecule has 2 aliphatic heterocycles. The predicted molar refractivity (Wildman–Crippen MR) is 122 cm³/mol. The number of phenols is 1. The molecule has 0 unspecified atom stereocenters. The third-order valence-corrected chi connectivity index (χ3v) is 5.98. The van der Waals surface area contributed by atoms with E-state index in [1.807, 2.05) is 18.2 Å². The zero-order valence-electron chi connectivity index (χ0n) is 18.2. The number of piperazine rings is 1. The average Bonchev–Trinajstić information content (AvgIpc) is 2.77. The number of benzene rings is 1. The number of guanidine groups is 1. The monoisotopic (exact) mass is 401 g/mol. The maximum Gasteiger partial charge on any atom is 0.194 e. The molecule has 0 bridgehead atoms. The summed E-state index contributed by atoms with van der Waals surface area (Å²) in [6.45, 7) is 11.4. The van der Waals surface area contributed by atoms with E-state index in [4.69, 9.17) is 4.99 Å². The highest BCUT2D eigenvalue weighted by Gasteiger charge is 2.21. The molecule has 6 nitrogen and oxygen atoms in total. The maximum atomic E-state index is 10.1. The van der Waals surface area contributed by atoms with Crippen molar-refractivity contribution in [3.8, 4) is 5.75 Å². The normalized spacial score (nSPS) is 18.9. The molecule has 0 spiro atoms. The molecule has 0 atom stereocenters. The second kappa shape index (κ2) is 11.9. The van der Waals surface area contributed by atoms with E-state index in [2.05, 4.69) is 26.9 Å². The van der Waals surface area contributed by atoms with Gasteiger partial charge in [-0.25, -0.2) is 0 Å². The highest BCUT2D eigenvalue weighted by Crippen LogP contribution is 2.27. The molecule has 0 amide bonds. The molecular weight excluding hydrogens is 362 g/mol. The van der Waals surface area contributed by atoms with Gasteiger partial charge in [0.25, 0.3) is 0 Å². The Hall–Kier alpha value is -1.95. The molecule has 0 radical (unpaired) electrons. The Labute approximate surface area is 176 Å². The van der Waals surface area contributed by atoms with E-state index >= 15 is 0 Å². The summed E-state index contributed by atoms with van der Waals surface area (Å²) in [5.41, 5.74) is 0.933. The van der Waals surface area contributed by atoms with Crippen molar-refractivity contribution < 1.29 is 5.11 Å². The number of unbranched alkanes of at least 4 members (excludes halogenated alkanes) is 2. The Morgan fingerprint density at radius 1 is 0.966 bits per heavy atom. The second-order valence-corrected chi connectivity index (χ2v) is 8.16. The predicted octanol–water partition coefficient (Wildman–Crippen LogP) is 3.14. The Kier molecular flexibility index (Phi) is 8.93. The molecule has 2 fully saturated rings. The lowest BCUT2D eigenvalue weighted by molar-refractivity contribution is 0.224. The van der Waals surface area contributed by atoms with Crippen molar-refractivity contribution in [1.82, 2.24) is 15.1 Å². The lowest BCUT2D eigenvalue weighted by Crippen LogP contribution is -2.52. The molecular formula is C23H39N5O. The van der Waals surface area contributed by atoms with Gasteiger partial charge < -0.3 is 25.1 Å². The Balaban J connectivity index is 1.39. The molecule has 2 heterocycles. The smallest absolute Gasteiger partial charge is 0.194 e. The minimum Gasteiger partial charge on any atom is -0.506 e. The van der Waals surface area contributed by atoms with Crippen molar-refractivity contribution in [3.05, 3.63) is 24.3 Å². The van der Waals surface area contributed by atoms with Crippen molar-refractivity contribution in [2.24, 2.45) is 4.99 Å². The van der Waals surface area contributed by atoms with Crippen molar-refractivity contribution in [3.63, 3.8) is 0 Å². The van der Waals surface area contributed by atoms with Crippen molar-refractivity contribution in [2.45, 2.75) is 45.4 Å². The van der Waals surface area contributed by atoms with E-state index in [0.717, 1.165) is 50.9 Å². The molecule has 162 valence electrons. The van der Waals surface area contributed by atoms with Crippen LogP contribution >= 0.6 is 0 Å². The summed E-state index contributed by atoms with van der Waals surface area (Å²) >= 11 is 0. The zero-order chi connectivity index (χ0) is 20.3. The number of hydrogen-bond acceptors (Lipinski definition) is 4. The van der Waals surface area contributed by atoms with Crippen molar-refractivity contribution in [1.29, 1.82) is 0 Å². The SMILES string of the molecule is CCNC(=NCCCCCN1CCCCC1)N1CCN(c2ccccc2O)CC1. The quantitative estimate of drug-likeness (QED) is 0.398. The lowest BCUT2D eigenvalue weighted by Gasteiger charge is -2.37. The number of nitrogens with one attached hydrogen (secondary N) is 1. The van der Waals surface area contributed by atoms with Crippen LogP contribution in [0.4, 0.5) is 5.69 Å². The van der Waals surface area contributed by atoms with Crippen molar-refractivity contribution >= 4 is 11.6 Å². The van der Waals surface area contributed by atoms with Gasteiger partial charge in [-0.15, -0.1) is 0 Å². The molecule has 6 heteroatoms. The number of nitrogens with zero attached hydrogens (tertiary/aromatic N) is 4. The first-order chi connectivity index (χ1) is 14.3. The second-order valence-electron chi connectivity index (χ2n) is 8.16. The summed E-state index contributed by atoms with van der Waals surface area (Å²) in [6.07, 6.45) is 7.91. The van der Waals surface area contributed by atoms with E-state index in [-0.39, 0.29) is 0 Å². The van der Waals surface area contributed by atoms with E-state index in [9.17, 15) is 5.11 Å². The molecule has 29 heavy (non-hydrogen) atoms. The van der Waals surface area contributed by atoms with Gasteiger partial charge in [0.2, 0.25) is 0 Å². The zero-order valence-corrected chi connectivity index (χ0v) is 18.2. The van der Waals surface area contributed by atoms with Gasteiger partial charge in [-0.3, -0.25) is 4.99 Å². The Bertz CT molecular complexity index is 621. The standard InChI is InChI=1S/C23H39N5O/c1-2-24-23(25-13-7-3-8-14-26-15-9-4-10-16-26)28-19-17-27(18-20-28)21-11-5-6-12-22(21)29/h5-6,11-12,29H,2-4,7-10,13-20H2,1H3,(H,24,25). The Morgan fingerprint density at radius 2 is 1.72 bits per heavy atom. The molecule has 0 aromatic heterocycles. The van der Waals surface area contributed by atoms with Gasteiger partial charge in [0, 0.05) is 39.3 Å². The third-order valence-electron chi connectivity index (χ3n) is 5.98. The minimum atomic E-state index is 0.367. The van der Waals surface area contributed by atoms with Crippen LogP contribution in [0.5, 0.6) is 5.75 Å². The van der Waals surface area contributed by atoms with E-state index in [1.165, 1.54) is 58.2 Å². The lowest BCUT2D eigenvalue weighted by atomic mass is 10.1. The summed E-state index contributed by atoms with van der Waals surface area (Å²) in [7, 11) is 0. The minimum absolute atomic E-state index is 0.367. The van der Waals surface area contributed by atoms with Crippen LogP contribution in [0.3, 0.4) is 0 Å². The van der Waals surface area contributed by atoms with Crippen molar-refractivity contribution in [2.75, 3.05) is 63.8 Å². The molecule has 2 aliphatic rings. The van der Waals surface area contributed by atoms with E-state index in [0.29, 0.717) is 5.75 Å². The van der Waals surface area contributed by atoms with Crippen LogP contribution in [0, 0.1) is 0 Å². The van der Waals surface area contributed by atoms with Gasteiger partial charge in [0.15, 0.2) is 5.96 Å². The first-order valence-electron chi connectivity index (χ1n) is 11.6. The molecule has 2 N–H and O–H groups in total. The third kappa shape index (κ3) is 6.81. The number of hydrogen-bond donors (Lipinski definition) is 2. The number of anilines is 1. The fourth-order valence-corrected chi connectivity index (χ4v) is 4.31. The molecule has 1 aromatic carbocycles. The van der Waals surface area contributed by atoms with Crippen LogP contribution in [0.15, 0.2) is 29.3 Å². The number of aromatic hydroxyl groups is 1. The van der Waals surface area contributed by atoms with Gasteiger partial charge in [-0.1, -0.05) is 25.0 Å². The number of likely N-dealkylation sites (tertiary alicyclic amines) is 1. The van der Waals surface area contributed by atoms with Gasteiger partial charge in [0.1, 0.15) is 5.75 Å². The van der Waals surface area contributed by atoms with Crippen LogP contribution < -0.4 is 10.2 Å². The van der Waals surface area contributed by atoms with Gasteiger partial charge in [-0.2, -0.15) is 0 Å². The van der Waals surface area contributed by atoms with E-state index in [1.54, 1.807) is 6.07 Å². The van der Waals surface area contributed by atoms with Crippen LogP contribution in [-0.4, -0.2) is 79.8 Å². The van der Waals surface area contributed by atoms with Crippen LogP contribution in [-0.2, 0) is 0 Å². The molecule has 0 saturated carbocycles. The summed E-state index contributed by atoms with van der Waals surface area (Å²) in [5.74, 6) is 1.41. The highest BCUT2D eigenvalue weighted by atomic mass is 16.3. The summed E-state index contributed by atoms with van der Waals surface area (Å²) in [4.78, 5) is 12.1. The molecule has 0 aliphatic carbocycles. The molecule has 3 rings (SSSR count). The number of phenolic OH excluding ortho intramolecular Hbond substituents is 1. The van der Waals surface area contributed by atoms with Crippen LogP contribution in [0.2, 0.25) is 0 Å². The number of piperidine rings is 1. The van der Waals surface area contributed by atoms with Gasteiger partial charge >= 0.3 is 0 Å². The first kappa shape index (κ1) is 21.8. The van der Waals surface area contributed by atoms with Crippen LogP contribution in [0.25, 0.3) is 0 Å². The topological polar surface area (TPSA) is 54.3 Å². The van der Waals surface area contributed by atoms with E-state index < -0.39 is 0 Å². The Morgan fingerprint density at radius 3 is 2.45 bits per heavy atom. The summed E-state index contributed by atoms with van der Waals surface area (Å²) in [5, 5.41) is 13.6. The largest absolute Gasteiger partial charge is 0.506 e. The maximum absolute atomic E-state index is 10.1. The number of rotatable bonds is 8. The number of para-hydroxylation sites is 2.